The van der Waals surface area contributed by atoms with Gasteiger partial charge in [-0.3, -0.25) is 4.79 Å². The number of aryl methyl sites for hydroxylation is 3. The predicted molar refractivity (Wildman–Crippen MR) is 69.5 cm³/mol. The number of carbonyl (C=O) groups is 1. The van der Waals surface area contributed by atoms with E-state index in [0.717, 1.165) is 13.0 Å². The molecule has 3 heteroatoms. The van der Waals surface area contributed by atoms with Gasteiger partial charge < -0.3 is 10.4 Å². The molecule has 17 heavy (non-hydrogen) atoms. The van der Waals surface area contributed by atoms with Crippen molar-refractivity contribution in [3.63, 3.8) is 0 Å². The molecule has 2 N–H and O–H groups in total. The summed E-state index contributed by atoms with van der Waals surface area (Å²) in [5, 5.41) is 11.7. The van der Waals surface area contributed by atoms with Crippen LogP contribution in [-0.2, 0) is 11.2 Å². The Morgan fingerprint density at radius 3 is 2.29 bits per heavy atom. The lowest BCUT2D eigenvalue weighted by Crippen LogP contribution is -2.21. The second kappa shape index (κ2) is 6.40. The highest BCUT2D eigenvalue weighted by Crippen LogP contribution is 2.16. The van der Waals surface area contributed by atoms with Gasteiger partial charge in [0.25, 0.3) is 0 Å². The van der Waals surface area contributed by atoms with Crippen molar-refractivity contribution in [2.24, 2.45) is 0 Å². The average molecular weight is 235 g/mol. The van der Waals surface area contributed by atoms with E-state index >= 15 is 0 Å². The minimum atomic E-state index is -0.750. The molecule has 0 fully saturated rings. The van der Waals surface area contributed by atoms with Crippen molar-refractivity contribution in [2.75, 3.05) is 13.1 Å². The van der Waals surface area contributed by atoms with Crippen molar-refractivity contribution >= 4 is 5.97 Å². The molecule has 0 radical (unpaired) electrons. The topological polar surface area (TPSA) is 49.3 Å². The van der Waals surface area contributed by atoms with Gasteiger partial charge in [0.1, 0.15) is 0 Å². The van der Waals surface area contributed by atoms with Crippen LogP contribution in [0.2, 0.25) is 0 Å². The normalized spacial score (nSPS) is 10.5. The maximum atomic E-state index is 10.3. The Bertz CT molecular complexity index is 376. The summed E-state index contributed by atoms with van der Waals surface area (Å²) in [4.78, 5) is 10.3. The molecule has 0 saturated carbocycles. The fourth-order valence-corrected chi connectivity index (χ4v) is 2.14. The number of hydrogen-bond acceptors (Lipinski definition) is 2. The van der Waals surface area contributed by atoms with Crippen LogP contribution in [-0.4, -0.2) is 24.2 Å². The third kappa shape index (κ3) is 4.57. The molecule has 0 heterocycles. The Morgan fingerprint density at radius 1 is 1.18 bits per heavy atom. The first kappa shape index (κ1) is 13.7. The molecule has 0 aliphatic rings. The van der Waals surface area contributed by atoms with Crippen LogP contribution in [0, 0.1) is 20.8 Å². The molecule has 94 valence electrons. The van der Waals surface area contributed by atoms with E-state index in [1.165, 1.54) is 22.3 Å². The Hall–Kier alpha value is -1.35. The number of hydrogen-bond donors (Lipinski definition) is 2. The summed E-state index contributed by atoms with van der Waals surface area (Å²) >= 11 is 0. The molecular formula is C14H21NO2. The van der Waals surface area contributed by atoms with E-state index in [4.69, 9.17) is 5.11 Å². The molecule has 0 bridgehead atoms. The van der Waals surface area contributed by atoms with Crippen LogP contribution in [0.5, 0.6) is 0 Å². The van der Waals surface area contributed by atoms with Crippen molar-refractivity contribution < 1.29 is 9.90 Å². The van der Waals surface area contributed by atoms with E-state index < -0.39 is 5.97 Å². The fraction of sp³-hybridized carbons (Fsp3) is 0.500. The van der Waals surface area contributed by atoms with Crippen molar-refractivity contribution in [1.29, 1.82) is 0 Å². The van der Waals surface area contributed by atoms with Crippen LogP contribution in [0.1, 0.15) is 28.7 Å². The summed E-state index contributed by atoms with van der Waals surface area (Å²) in [6, 6.07) is 4.39. The third-order valence-electron chi connectivity index (χ3n) is 2.91. The maximum Gasteiger partial charge on any atom is 0.304 e. The predicted octanol–water partition coefficient (Wildman–Crippen LogP) is 2.22. The zero-order chi connectivity index (χ0) is 12.8. The van der Waals surface area contributed by atoms with Gasteiger partial charge >= 0.3 is 5.97 Å². The molecular weight excluding hydrogens is 214 g/mol. The molecule has 0 aromatic heterocycles. The molecule has 0 saturated heterocycles. The molecule has 0 unspecified atom stereocenters. The zero-order valence-electron chi connectivity index (χ0n) is 10.8. The van der Waals surface area contributed by atoms with Crippen LogP contribution in [0.4, 0.5) is 0 Å². The molecule has 0 aliphatic heterocycles. The highest BCUT2D eigenvalue weighted by atomic mass is 16.4. The van der Waals surface area contributed by atoms with Crippen LogP contribution in [0.3, 0.4) is 0 Å². The zero-order valence-corrected chi connectivity index (χ0v) is 10.8. The largest absolute Gasteiger partial charge is 0.481 e. The SMILES string of the molecule is Cc1cc(C)c(CCNCCC(=O)O)c(C)c1. The second-order valence-electron chi connectivity index (χ2n) is 4.52. The van der Waals surface area contributed by atoms with E-state index in [1.807, 2.05) is 0 Å². The van der Waals surface area contributed by atoms with Gasteiger partial charge in [-0.05, 0) is 50.4 Å². The van der Waals surface area contributed by atoms with Gasteiger partial charge in [0, 0.05) is 6.54 Å². The smallest absolute Gasteiger partial charge is 0.304 e. The van der Waals surface area contributed by atoms with Crippen LogP contribution < -0.4 is 5.32 Å². The van der Waals surface area contributed by atoms with E-state index in [2.05, 4.69) is 38.2 Å². The van der Waals surface area contributed by atoms with E-state index in [1.54, 1.807) is 0 Å². The summed E-state index contributed by atoms with van der Waals surface area (Å²) < 4.78 is 0. The first-order valence-electron chi connectivity index (χ1n) is 6.00. The molecule has 1 aromatic rings. The summed E-state index contributed by atoms with van der Waals surface area (Å²) in [6.45, 7) is 7.74. The lowest BCUT2D eigenvalue weighted by atomic mass is 9.97. The number of nitrogens with one attached hydrogen (secondary N) is 1. The summed E-state index contributed by atoms with van der Waals surface area (Å²) in [6.07, 6.45) is 1.14. The lowest BCUT2D eigenvalue weighted by molar-refractivity contribution is -0.136. The Morgan fingerprint density at radius 2 is 1.76 bits per heavy atom. The number of carboxylic acid groups (broad SMARTS) is 1. The molecule has 1 aromatic carbocycles. The van der Waals surface area contributed by atoms with Gasteiger partial charge in [-0.15, -0.1) is 0 Å². The monoisotopic (exact) mass is 235 g/mol. The van der Waals surface area contributed by atoms with E-state index in [0.29, 0.717) is 6.54 Å². The highest BCUT2D eigenvalue weighted by molar-refractivity contribution is 5.66. The van der Waals surface area contributed by atoms with E-state index in [-0.39, 0.29) is 6.42 Å². The minimum absolute atomic E-state index is 0.186. The summed E-state index contributed by atoms with van der Waals surface area (Å²) in [7, 11) is 0. The molecule has 1 rings (SSSR count). The van der Waals surface area contributed by atoms with Crippen LogP contribution in [0.15, 0.2) is 12.1 Å². The number of carboxylic acids is 1. The van der Waals surface area contributed by atoms with Gasteiger partial charge in [-0.25, -0.2) is 0 Å². The first-order chi connectivity index (χ1) is 8.00. The maximum absolute atomic E-state index is 10.3. The van der Waals surface area contributed by atoms with Crippen LogP contribution >= 0.6 is 0 Å². The van der Waals surface area contributed by atoms with Crippen molar-refractivity contribution in [3.8, 4) is 0 Å². The molecule has 0 amide bonds. The van der Waals surface area contributed by atoms with Crippen molar-refractivity contribution in [1.82, 2.24) is 5.32 Å². The molecule has 0 aliphatic carbocycles. The highest BCUT2D eigenvalue weighted by Gasteiger charge is 2.03. The molecule has 3 nitrogen and oxygen atoms in total. The Labute approximate surface area is 103 Å². The lowest BCUT2D eigenvalue weighted by Gasteiger charge is -2.11. The number of rotatable bonds is 6. The second-order valence-corrected chi connectivity index (χ2v) is 4.52. The summed E-state index contributed by atoms with van der Waals surface area (Å²) in [5.41, 5.74) is 5.31. The number of aliphatic carboxylic acids is 1. The first-order valence-corrected chi connectivity index (χ1v) is 6.00. The van der Waals surface area contributed by atoms with Gasteiger partial charge in [-0.2, -0.15) is 0 Å². The summed E-state index contributed by atoms with van der Waals surface area (Å²) in [5.74, 6) is -0.750. The van der Waals surface area contributed by atoms with E-state index in [9.17, 15) is 4.79 Å². The van der Waals surface area contributed by atoms with Crippen molar-refractivity contribution in [3.05, 3.63) is 34.4 Å². The van der Waals surface area contributed by atoms with Gasteiger partial charge in [0.05, 0.1) is 6.42 Å². The standard InChI is InChI=1S/C14H21NO2/c1-10-8-11(2)13(12(3)9-10)4-6-15-7-5-14(16)17/h8-9,15H,4-7H2,1-3H3,(H,16,17). The van der Waals surface area contributed by atoms with Gasteiger partial charge in [-0.1, -0.05) is 17.7 Å². The molecule has 0 spiro atoms. The van der Waals surface area contributed by atoms with Gasteiger partial charge in [0.2, 0.25) is 0 Å². The van der Waals surface area contributed by atoms with Crippen molar-refractivity contribution in [2.45, 2.75) is 33.6 Å². The number of benzene rings is 1. The Kier molecular flexibility index (Phi) is 5.16. The minimum Gasteiger partial charge on any atom is -0.481 e. The van der Waals surface area contributed by atoms with Gasteiger partial charge in [0.15, 0.2) is 0 Å². The fourth-order valence-electron chi connectivity index (χ4n) is 2.14. The third-order valence-corrected chi connectivity index (χ3v) is 2.91. The average Bonchev–Trinajstić information content (AvgIpc) is 2.20. The Balaban J connectivity index is 2.44. The quantitative estimate of drug-likeness (QED) is 0.743. The molecule has 0 atom stereocenters. The van der Waals surface area contributed by atoms with Crippen LogP contribution in [0.25, 0.3) is 0 Å².